The third kappa shape index (κ3) is 3.44. The van der Waals surface area contributed by atoms with Gasteiger partial charge in [0.15, 0.2) is 0 Å². The van der Waals surface area contributed by atoms with Crippen molar-refractivity contribution in [2.75, 3.05) is 6.61 Å². The van der Waals surface area contributed by atoms with Crippen LogP contribution in [0.1, 0.15) is 36.0 Å². The number of carbonyl (C=O) groups excluding carboxylic acids is 1. The second-order valence-electron chi connectivity index (χ2n) is 6.19. The smallest absolute Gasteiger partial charge is 0.406 e. The molecule has 1 aromatic carbocycles. The number of ether oxygens (including phenoxy) is 1. The molecule has 2 saturated heterocycles. The largest absolute Gasteiger partial charge is 0.573 e. The molecule has 0 saturated carbocycles. The first-order valence-electron chi connectivity index (χ1n) is 7.66. The van der Waals surface area contributed by atoms with E-state index in [0.29, 0.717) is 0 Å². The SMILES string of the molecule is O=C(c1cccc(OC(F)(F)F)c1)N1[C@@H]2CC[C@H]1CC(CO)C2. The molecule has 0 spiro atoms. The number of carbonyl (C=O) groups is 1. The zero-order valence-electron chi connectivity index (χ0n) is 12.4. The highest BCUT2D eigenvalue weighted by Crippen LogP contribution is 2.39. The van der Waals surface area contributed by atoms with Gasteiger partial charge in [-0.25, -0.2) is 0 Å². The first-order chi connectivity index (χ1) is 10.9. The Morgan fingerprint density at radius 3 is 2.48 bits per heavy atom. The standard InChI is InChI=1S/C16H18F3NO3/c17-16(18,19)23-14-3-1-2-11(8-14)15(22)20-12-4-5-13(20)7-10(6-12)9-21/h1-3,8,10,12-13,21H,4-7,9H2/t10?,12-,13+. The second-order valence-corrected chi connectivity index (χ2v) is 6.19. The maximum Gasteiger partial charge on any atom is 0.573 e. The predicted molar refractivity (Wildman–Crippen MR) is 75.9 cm³/mol. The summed E-state index contributed by atoms with van der Waals surface area (Å²) in [5, 5.41) is 9.31. The van der Waals surface area contributed by atoms with Crippen molar-refractivity contribution in [3.63, 3.8) is 0 Å². The van der Waals surface area contributed by atoms with E-state index in [0.717, 1.165) is 31.7 Å². The van der Waals surface area contributed by atoms with E-state index in [1.54, 1.807) is 4.90 Å². The van der Waals surface area contributed by atoms with Crippen LogP contribution in [0.3, 0.4) is 0 Å². The van der Waals surface area contributed by atoms with Crippen molar-refractivity contribution in [1.82, 2.24) is 4.90 Å². The van der Waals surface area contributed by atoms with Crippen LogP contribution >= 0.6 is 0 Å². The molecule has 1 N–H and O–H groups in total. The molecule has 2 bridgehead atoms. The van der Waals surface area contributed by atoms with Gasteiger partial charge >= 0.3 is 6.36 Å². The van der Waals surface area contributed by atoms with Crippen LogP contribution in [0.5, 0.6) is 5.75 Å². The van der Waals surface area contributed by atoms with Gasteiger partial charge in [-0.05, 0) is 49.8 Å². The number of benzene rings is 1. The van der Waals surface area contributed by atoms with Crippen molar-refractivity contribution in [3.8, 4) is 5.75 Å². The lowest BCUT2D eigenvalue weighted by molar-refractivity contribution is -0.274. The van der Waals surface area contributed by atoms with Crippen molar-refractivity contribution >= 4 is 5.91 Å². The van der Waals surface area contributed by atoms with Crippen molar-refractivity contribution in [2.45, 2.75) is 44.1 Å². The van der Waals surface area contributed by atoms with Crippen LogP contribution in [0.25, 0.3) is 0 Å². The predicted octanol–water partition coefficient (Wildman–Crippen LogP) is 2.96. The Kier molecular flexibility index (Phi) is 4.23. The molecule has 23 heavy (non-hydrogen) atoms. The monoisotopic (exact) mass is 329 g/mol. The number of nitrogens with zero attached hydrogens (tertiary/aromatic N) is 1. The summed E-state index contributed by atoms with van der Waals surface area (Å²) >= 11 is 0. The Morgan fingerprint density at radius 2 is 1.91 bits per heavy atom. The highest BCUT2D eigenvalue weighted by Gasteiger charge is 2.43. The highest BCUT2D eigenvalue weighted by atomic mass is 19.4. The lowest BCUT2D eigenvalue weighted by Gasteiger charge is -2.38. The van der Waals surface area contributed by atoms with Crippen LogP contribution in [-0.4, -0.2) is 41.0 Å². The van der Waals surface area contributed by atoms with E-state index in [2.05, 4.69) is 4.74 Å². The Labute approximate surface area is 131 Å². The van der Waals surface area contributed by atoms with Crippen molar-refractivity contribution in [3.05, 3.63) is 29.8 Å². The first kappa shape index (κ1) is 16.1. The van der Waals surface area contributed by atoms with Gasteiger partial charge < -0.3 is 14.7 Å². The molecule has 2 fully saturated rings. The van der Waals surface area contributed by atoms with Gasteiger partial charge in [0.05, 0.1) is 0 Å². The summed E-state index contributed by atoms with van der Waals surface area (Å²) in [5.41, 5.74) is 0.200. The summed E-state index contributed by atoms with van der Waals surface area (Å²) in [6.45, 7) is 0.115. The van der Waals surface area contributed by atoms with Gasteiger partial charge in [-0.2, -0.15) is 0 Å². The molecule has 126 valence electrons. The number of fused-ring (bicyclic) bond motifs is 2. The van der Waals surface area contributed by atoms with E-state index in [-0.39, 0.29) is 41.8 Å². The summed E-state index contributed by atoms with van der Waals surface area (Å²) in [5.74, 6) is -0.445. The number of aliphatic hydroxyl groups excluding tert-OH is 1. The van der Waals surface area contributed by atoms with E-state index >= 15 is 0 Å². The average Bonchev–Trinajstić information content (AvgIpc) is 2.75. The van der Waals surface area contributed by atoms with Crippen molar-refractivity contribution in [1.29, 1.82) is 0 Å². The lowest BCUT2D eigenvalue weighted by atomic mass is 9.91. The molecule has 3 rings (SSSR count). The molecular weight excluding hydrogens is 311 g/mol. The summed E-state index contributed by atoms with van der Waals surface area (Å²) in [7, 11) is 0. The molecule has 1 unspecified atom stereocenters. The average molecular weight is 329 g/mol. The second kappa shape index (κ2) is 6.03. The fraction of sp³-hybridized carbons (Fsp3) is 0.562. The van der Waals surface area contributed by atoms with Crippen LogP contribution in [0.2, 0.25) is 0 Å². The maximum atomic E-state index is 12.7. The molecule has 2 aliphatic heterocycles. The molecule has 4 nitrogen and oxygen atoms in total. The fourth-order valence-electron chi connectivity index (χ4n) is 3.75. The molecule has 0 radical (unpaired) electrons. The summed E-state index contributed by atoms with van der Waals surface area (Å²) in [6, 6.07) is 5.32. The van der Waals surface area contributed by atoms with Crippen LogP contribution < -0.4 is 4.74 Å². The Balaban J connectivity index is 1.78. The molecule has 1 aromatic rings. The fourth-order valence-corrected chi connectivity index (χ4v) is 3.75. The van der Waals surface area contributed by atoms with Gasteiger partial charge in [0.25, 0.3) is 5.91 Å². The van der Waals surface area contributed by atoms with Crippen molar-refractivity contribution in [2.24, 2.45) is 5.92 Å². The number of aliphatic hydroxyl groups is 1. The van der Waals surface area contributed by atoms with Crippen LogP contribution in [0.4, 0.5) is 13.2 Å². The van der Waals surface area contributed by atoms with E-state index < -0.39 is 6.36 Å². The Hall–Kier alpha value is -1.76. The van der Waals surface area contributed by atoms with E-state index in [9.17, 15) is 23.1 Å². The minimum Gasteiger partial charge on any atom is -0.406 e. The summed E-state index contributed by atoms with van der Waals surface area (Å²) < 4.78 is 40.8. The quantitative estimate of drug-likeness (QED) is 0.927. The number of piperidine rings is 1. The van der Waals surface area contributed by atoms with Gasteiger partial charge in [0.1, 0.15) is 5.75 Å². The number of halogens is 3. The molecule has 0 aliphatic carbocycles. The zero-order chi connectivity index (χ0) is 16.6. The maximum absolute atomic E-state index is 12.7. The van der Waals surface area contributed by atoms with E-state index in [1.165, 1.54) is 18.2 Å². The van der Waals surface area contributed by atoms with Crippen molar-refractivity contribution < 1.29 is 27.8 Å². The topological polar surface area (TPSA) is 49.8 Å². The van der Waals surface area contributed by atoms with E-state index in [4.69, 9.17) is 0 Å². The van der Waals surface area contributed by atoms with Gasteiger partial charge in [-0.1, -0.05) is 6.07 Å². The number of alkyl halides is 3. The Bertz CT molecular complexity index is 576. The number of rotatable bonds is 3. The number of amides is 1. The molecule has 2 heterocycles. The minimum absolute atomic E-state index is 0.0607. The Morgan fingerprint density at radius 1 is 1.26 bits per heavy atom. The first-order valence-corrected chi connectivity index (χ1v) is 7.66. The zero-order valence-corrected chi connectivity index (χ0v) is 12.4. The van der Waals surface area contributed by atoms with Gasteiger partial charge in [0, 0.05) is 24.3 Å². The number of hydrogen-bond acceptors (Lipinski definition) is 3. The van der Waals surface area contributed by atoms with Crippen LogP contribution in [-0.2, 0) is 0 Å². The molecular formula is C16H18F3NO3. The normalized spacial score (nSPS) is 27.1. The lowest BCUT2D eigenvalue weighted by Crippen LogP contribution is -2.47. The third-order valence-corrected chi connectivity index (χ3v) is 4.64. The van der Waals surface area contributed by atoms with Gasteiger partial charge in [0.2, 0.25) is 0 Å². The summed E-state index contributed by atoms with van der Waals surface area (Å²) in [6.07, 6.45) is -1.52. The third-order valence-electron chi connectivity index (χ3n) is 4.64. The van der Waals surface area contributed by atoms with Crippen LogP contribution in [0.15, 0.2) is 24.3 Å². The number of hydrogen-bond donors (Lipinski definition) is 1. The molecule has 0 aromatic heterocycles. The summed E-state index contributed by atoms with van der Waals surface area (Å²) in [4.78, 5) is 14.5. The van der Waals surface area contributed by atoms with E-state index in [1.807, 2.05) is 0 Å². The molecule has 3 atom stereocenters. The molecule has 2 aliphatic rings. The minimum atomic E-state index is -4.78. The molecule has 1 amide bonds. The molecule has 7 heteroatoms. The highest BCUT2D eigenvalue weighted by molar-refractivity contribution is 5.95. The van der Waals surface area contributed by atoms with Gasteiger partial charge in [-0.15, -0.1) is 13.2 Å². The van der Waals surface area contributed by atoms with Gasteiger partial charge in [-0.3, -0.25) is 4.79 Å². The van der Waals surface area contributed by atoms with Crippen LogP contribution in [0, 0.1) is 5.92 Å².